The summed E-state index contributed by atoms with van der Waals surface area (Å²) in [4.78, 5) is 3.85. The lowest BCUT2D eigenvalue weighted by atomic mass is 9.74. The zero-order valence-corrected chi connectivity index (χ0v) is 11.0. The van der Waals surface area contributed by atoms with Crippen molar-refractivity contribution in [1.29, 1.82) is 5.26 Å². The van der Waals surface area contributed by atoms with Crippen LogP contribution in [0.1, 0.15) is 12.0 Å². The Balaban J connectivity index is 2.25. The summed E-state index contributed by atoms with van der Waals surface area (Å²) in [5.41, 5.74) is 0.862. The highest BCUT2D eigenvalue weighted by Crippen LogP contribution is 2.35. The third-order valence-corrected chi connectivity index (χ3v) is 3.74. The van der Waals surface area contributed by atoms with Gasteiger partial charge in [-0.2, -0.15) is 10.3 Å². The smallest absolute Gasteiger partial charge is 0.185 e. The lowest BCUT2D eigenvalue weighted by molar-refractivity contribution is 0.742. The second-order valence-electron chi connectivity index (χ2n) is 4.92. The minimum atomic E-state index is -0.328. The summed E-state index contributed by atoms with van der Waals surface area (Å²) in [6.45, 7) is 0. The summed E-state index contributed by atoms with van der Waals surface area (Å²) < 4.78 is 0. The number of rotatable bonds is 2. The quantitative estimate of drug-likeness (QED) is 0.589. The van der Waals surface area contributed by atoms with Crippen LogP contribution in [0.15, 0.2) is 71.8 Å². The first-order chi connectivity index (χ1) is 9.86. The van der Waals surface area contributed by atoms with Gasteiger partial charge in [-0.25, -0.2) is 0 Å². The van der Waals surface area contributed by atoms with Crippen LogP contribution in [0.2, 0.25) is 0 Å². The maximum atomic E-state index is 8.78. The highest BCUT2D eigenvalue weighted by molar-refractivity contribution is 5.92. The average Bonchev–Trinajstić information content (AvgIpc) is 2.53. The van der Waals surface area contributed by atoms with Gasteiger partial charge in [-0.1, -0.05) is 66.8 Å². The van der Waals surface area contributed by atoms with Crippen LogP contribution in [-0.4, -0.2) is 6.21 Å². The molecule has 3 rings (SSSR count). The number of fused-ring (bicyclic) bond motifs is 1. The first kappa shape index (κ1) is 12.4. The fraction of sp³-hybridized carbons (Fsp3) is 0.111. The predicted octanol–water partition coefficient (Wildman–Crippen LogP) is 4.15. The molecule has 1 aliphatic carbocycles. The molecule has 0 heterocycles. The van der Waals surface area contributed by atoms with E-state index in [1.165, 1.54) is 16.3 Å². The van der Waals surface area contributed by atoms with Crippen LogP contribution >= 0.6 is 0 Å². The maximum Gasteiger partial charge on any atom is 0.205 e. The monoisotopic (exact) mass is 258 g/mol. The Hall–Kier alpha value is -2.66. The van der Waals surface area contributed by atoms with E-state index in [0.29, 0.717) is 0 Å². The van der Waals surface area contributed by atoms with Gasteiger partial charge in [-0.05, 0) is 22.8 Å². The van der Waals surface area contributed by atoms with Gasteiger partial charge >= 0.3 is 0 Å². The minimum absolute atomic E-state index is 0.328. The molecule has 0 amide bonds. The van der Waals surface area contributed by atoms with Crippen molar-refractivity contribution in [3.63, 3.8) is 0 Å². The van der Waals surface area contributed by atoms with Crippen molar-refractivity contribution in [1.82, 2.24) is 0 Å². The van der Waals surface area contributed by atoms with Crippen molar-refractivity contribution >= 4 is 17.0 Å². The molecule has 2 aromatic rings. The van der Waals surface area contributed by atoms with Gasteiger partial charge in [0.25, 0.3) is 0 Å². The molecule has 1 aliphatic rings. The zero-order chi connectivity index (χ0) is 13.8. The van der Waals surface area contributed by atoms with E-state index in [1.54, 1.807) is 6.21 Å². The molecule has 0 bridgehead atoms. The van der Waals surface area contributed by atoms with Crippen LogP contribution in [0.3, 0.4) is 0 Å². The average molecular weight is 258 g/mol. The van der Waals surface area contributed by atoms with E-state index in [4.69, 9.17) is 5.26 Å². The maximum absolute atomic E-state index is 8.78. The number of allylic oxidation sites excluding steroid dienone is 4. The normalized spacial score (nSPS) is 21.4. The van der Waals surface area contributed by atoms with E-state index in [9.17, 15) is 0 Å². The summed E-state index contributed by atoms with van der Waals surface area (Å²) in [6, 6.07) is 14.6. The number of nitriles is 1. The van der Waals surface area contributed by atoms with E-state index in [0.717, 1.165) is 6.42 Å². The molecule has 0 saturated heterocycles. The summed E-state index contributed by atoms with van der Waals surface area (Å²) in [5.74, 6) is 0. The van der Waals surface area contributed by atoms with Crippen LogP contribution in [0.5, 0.6) is 0 Å². The Bertz CT molecular complexity index is 757. The topological polar surface area (TPSA) is 36.1 Å². The molecule has 2 heteroatoms. The Kier molecular flexibility index (Phi) is 3.18. The number of benzene rings is 2. The Morgan fingerprint density at radius 3 is 2.75 bits per heavy atom. The molecule has 0 spiro atoms. The third-order valence-electron chi connectivity index (χ3n) is 3.74. The molecule has 0 N–H and O–H groups in total. The predicted molar refractivity (Wildman–Crippen MR) is 82.6 cm³/mol. The van der Waals surface area contributed by atoms with E-state index in [1.807, 2.05) is 30.5 Å². The second-order valence-corrected chi connectivity index (χ2v) is 4.92. The number of hydrogen-bond donors (Lipinski definition) is 0. The SMILES string of the molecule is N#CN=CC1(c2cccc3ccccc23)C=CC=CC1. The van der Waals surface area contributed by atoms with Gasteiger partial charge in [0.1, 0.15) is 0 Å². The molecule has 96 valence electrons. The first-order valence-electron chi connectivity index (χ1n) is 6.62. The van der Waals surface area contributed by atoms with Gasteiger partial charge in [0.05, 0.1) is 5.41 Å². The van der Waals surface area contributed by atoms with Crippen LogP contribution in [0.4, 0.5) is 0 Å². The van der Waals surface area contributed by atoms with Crippen molar-refractivity contribution in [2.45, 2.75) is 11.8 Å². The summed E-state index contributed by atoms with van der Waals surface area (Å²) in [5, 5.41) is 11.2. The lowest BCUT2D eigenvalue weighted by Gasteiger charge is -2.28. The standard InChI is InChI=1S/C18H14N2/c19-14-20-13-18(11-4-1-5-12-18)17-10-6-8-15-7-2-3-9-16(15)17/h1-11,13H,12H2. The van der Waals surface area contributed by atoms with Crippen LogP contribution in [0.25, 0.3) is 10.8 Å². The second kappa shape index (κ2) is 5.14. The van der Waals surface area contributed by atoms with Crippen LogP contribution in [0, 0.1) is 11.5 Å². The van der Waals surface area contributed by atoms with Gasteiger partial charge in [-0.3, -0.25) is 0 Å². The van der Waals surface area contributed by atoms with Gasteiger partial charge < -0.3 is 0 Å². The van der Waals surface area contributed by atoms with E-state index in [2.05, 4.69) is 47.5 Å². The zero-order valence-electron chi connectivity index (χ0n) is 11.0. The fourth-order valence-corrected chi connectivity index (χ4v) is 2.78. The molecule has 0 aliphatic heterocycles. The third kappa shape index (κ3) is 2.04. The van der Waals surface area contributed by atoms with Crippen molar-refractivity contribution in [3.8, 4) is 6.19 Å². The van der Waals surface area contributed by atoms with Crippen molar-refractivity contribution < 1.29 is 0 Å². The summed E-state index contributed by atoms with van der Waals surface area (Å²) >= 11 is 0. The first-order valence-corrected chi connectivity index (χ1v) is 6.62. The Morgan fingerprint density at radius 2 is 1.95 bits per heavy atom. The van der Waals surface area contributed by atoms with Gasteiger partial charge in [-0.15, -0.1) is 0 Å². The molecule has 0 fully saturated rings. The lowest BCUT2D eigenvalue weighted by Crippen LogP contribution is -2.26. The molecule has 20 heavy (non-hydrogen) atoms. The largest absolute Gasteiger partial charge is 0.205 e. The molecule has 0 radical (unpaired) electrons. The molecule has 1 unspecified atom stereocenters. The highest BCUT2D eigenvalue weighted by Gasteiger charge is 2.29. The molecule has 2 aromatic carbocycles. The van der Waals surface area contributed by atoms with Crippen molar-refractivity contribution in [2.75, 3.05) is 0 Å². The van der Waals surface area contributed by atoms with Gasteiger partial charge in [0, 0.05) is 6.21 Å². The minimum Gasteiger partial charge on any atom is -0.185 e. The Morgan fingerprint density at radius 1 is 1.10 bits per heavy atom. The van der Waals surface area contributed by atoms with Crippen LogP contribution in [-0.2, 0) is 5.41 Å². The molecular formula is C18H14N2. The Labute approximate surface area is 118 Å². The summed E-state index contributed by atoms with van der Waals surface area (Å²) in [6.07, 6.45) is 12.7. The molecule has 0 aromatic heterocycles. The van der Waals surface area contributed by atoms with E-state index in [-0.39, 0.29) is 5.41 Å². The van der Waals surface area contributed by atoms with Crippen molar-refractivity contribution in [2.24, 2.45) is 4.99 Å². The molecule has 2 nitrogen and oxygen atoms in total. The number of nitrogens with zero attached hydrogens (tertiary/aromatic N) is 2. The van der Waals surface area contributed by atoms with Crippen LogP contribution < -0.4 is 0 Å². The van der Waals surface area contributed by atoms with Gasteiger partial charge in [0.2, 0.25) is 6.19 Å². The summed E-state index contributed by atoms with van der Waals surface area (Å²) in [7, 11) is 0. The number of hydrogen-bond acceptors (Lipinski definition) is 2. The number of aliphatic imine (C=N–C) groups is 1. The highest BCUT2D eigenvalue weighted by atomic mass is 14.7. The van der Waals surface area contributed by atoms with Gasteiger partial charge in [0.15, 0.2) is 0 Å². The van der Waals surface area contributed by atoms with E-state index >= 15 is 0 Å². The fourth-order valence-electron chi connectivity index (χ4n) is 2.78. The molecular weight excluding hydrogens is 244 g/mol. The molecule has 0 saturated carbocycles. The van der Waals surface area contributed by atoms with Crippen molar-refractivity contribution in [3.05, 3.63) is 72.3 Å². The van der Waals surface area contributed by atoms with E-state index < -0.39 is 0 Å². The molecule has 1 atom stereocenters.